The first-order chi connectivity index (χ1) is 6.63. The van der Waals surface area contributed by atoms with Gasteiger partial charge in [0.15, 0.2) is 0 Å². The maximum absolute atomic E-state index is 12.8. The minimum atomic E-state index is -0.450. The van der Waals surface area contributed by atoms with Crippen LogP contribution in [0.5, 0.6) is 0 Å². The third kappa shape index (κ3) is 2.69. The van der Waals surface area contributed by atoms with Crippen LogP contribution in [0.4, 0.5) is 4.39 Å². The molecular weight excluding hydrogens is 183 g/mol. The first kappa shape index (κ1) is 10.4. The highest BCUT2D eigenvalue weighted by atomic mass is 19.1. The summed E-state index contributed by atoms with van der Waals surface area (Å²) in [5, 5.41) is 0. The highest BCUT2D eigenvalue weighted by molar-refractivity contribution is 5.87. The van der Waals surface area contributed by atoms with Crippen molar-refractivity contribution in [2.45, 2.75) is 6.92 Å². The van der Waals surface area contributed by atoms with E-state index >= 15 is 0 Å². The Balaban J connectivity index is 2.90. The quantitative estimate of drug-likeness (QED) is 0.533. The highest BCUT2D eigenvalue weighted by Crippen LogP contribution is 2.11. The van der Waals surface area contributed by atoms with Crippen LogP contribution in [0.3, 0.4) is 0 Å². The second-order valence-corrected chi connectivity index (χ2v) is 2.86. The molecule has 0 aromatic heterocycles. The summed E-state index contributed by atoms with van der Waals surface area (Å²) in [4.78, 5) is 10.8. The Morgan fingerprint density at radius 2 is 2.21 bits per heavy atom. The number of hydrogen-bond donors (Lipinski definition) is 0. The van der Waals surface area contributed by atoms with E-state index in [0.717, 1.165) is 5.56 Å². The Morgan fingerprint density at radius 3 is 2.86 bits per heavy atom. The maximum atomic E-state index is 12.8. The fraction of sp³-hybridized carbons (Fsp3) is 0.182. The molecule has 1 rings (SSSR count). The lowest BCUT2D eigenvalue weighted by molar-refractivity contribution is -0.134. The molecule has 0 spiro atoms. The lowest BCUT2D eigenvalue weighted by Gasteiger charge is -1.99. The predicted molar refractivity (Wildman–Crippen MR) is 52.2 cm³/mol. The van der Waals surface area contributed by atoms with Crippen LogP contribution < -0.4 is 0 Å². The molecule has 0 N–H and O–H groups in total. The molecule has 0 aliphatic rings. The van der Waals surface area contributed by atoms with Crippen LogP contribution in [0, 0.1) is 12.7 Å². The van der Waals surface area contributed by atoms with Gasteiger partial charge in [0, 0.05) is 6.08 Å². The normalized spacial score (nSPS) is 10.5. The van der Waals surface area contributed by atoms with Gasteiger partial charge in [-0.3, -0.25) is 0 Å². The van der Waals surface area contributed by atoms with Crippen LogP contribution >= 0.6 is 0 Å². The van der Waals surface area contributed by atoms with Gasteiger partial charge in [-0.1, -0.05) is 6.07 Å². The molecule has 0 atom stereocenters. The third-order valence-electron chi connectivity index (χ3n) is 1.84. The number of benzene rings is 1. The Morgan fingerprint density at radius 1 is 1.50 bits per heavy atom. The van der Waals surface area contributed by atoms with Gasteiger partial charge in [0.1, 0.15) is 5.82 Å². The van der Waals surface area contributed by atoms with Crippen molar-refractivity contribution in [1.29, 1.82) is 0 Å². The second kappa shape index (κ2) is 4.56. The van der Waals surface area contributed by atoms with Crippen molar-refractivity contribution in [1.82, 2.24) is 0 Å². The van der Waals surface area contributed by atoms with Gasteiger partial charge in [-0.05, 0) is 36.3 Å². The number of rotatable bonds is 2. The molecule has 0 fully saturated rings. The molecule has 0 saturated heterocycles. The number of aryl methyl sites for hydroxylation is 1. The van der Waals surface area contributed by atoms with Gasteiger partial charge in [0.05, 0.1) is 7.11 Å². The predicted octanol–water partition coefficient (Wildman–Crippen LogP) is 2.32. The second-order valence-electron chi connectivity index (χ2n) is 2.86. The van der Waals surface area contributed by atoms with Crippen LogP contribution in [0.15, 0.2) is 24.3 Å². The average Bonchev–Trinajstić information content (AvgIpc) is 2.19. The first-order valence-corrected chi connectivity index (χ1v) is 4.15. The summed E-state index contributed by atoms with van der Waals surface area (Å²) >= 11 is 0. The summed E-state index contributed by atoms with van der Waals surface area (Å²) in [6.45, 7) is 1.84. The van der Waals surface area contributed by atoms with Crippen LogP contribution in [0.2, 0.25) is 0 Å². The molecule has 14 heavy (non-hydrogen) atoms. The average molecular weight is 194 g/mol. The maximum Gasteiger partial charge on any atom is 0.330 e. The Labute approximate surface area is 82.0 Å². The SMILES string of the molecule is COC(=O)C=Cc1cc(F)ccc1C. The van der Waals surface area contributed by atoms with Crippen molar-refractivity contribution < 1.29 is 13.9 Å². The van der Waals surface area contributed by atoms with Gasteiger partial charge in [0.2, 0.25) is 0 Å². The van der Waals surface area contributed by atoms with E-state index in [0.29, 0.717) is 5.56 Å². The summed E-state index contributed by atoms with van der Waals surface area (Å²) in [5.41, 5.74) is 1.59. The standard InChI is InChI=1S/C11H11FO2/c1-8-3-5-10(12)7-9(8)4-6-11(13)14-2/h3-7H,1-2H3. The van der Waals surface area contributed by atoms with Crippen molar-refractivity contribution in [2.24, 2.45) is 0 Å². The van der Waals surface area contributed by atoms with Crippen molar-refractivity contribution in [3.8, 4) is 0 Å². The van der Waals surface area contributed by atoms with Crippen LogP contribution in [0.1, 0.15) is 11.1 Å². The molecule has 0 heterocycles. The van der Waals surface area contributed by atoms with Crippen molar-refractivity contribution in [3.63, 3.8) is 0 Å². The molecule has 0 aliphatic carbocycles. The number of carbonyl (C=O) groups is 1. The smallest absolute Gasteiger partial charge is 0.330 e. The zero-order valence-electron chi connectivity index (χ0n) is 8.08. The van der Waals surface area contributed by atoms with E-state index in [1.54, 1.807) is 6.07 Å². The lowest BCUT2D eigenvalue weighted by Crippen LogP contribution is -1.93. The zero-order chi connectivity index (χ0) is 10.6. The summed E-state index contributed by atoms with van der Waals surface area (Å²) < 4.78 is 17.2. The van der Waals surface area contributed by atoms with Gasteiger partial charge in [0.25, 0.3) is 0 Å². The van der Waals surface area contributed by atoms with Gasteiger partial charge in [-0.25, -0.2) is 9.18 Å². The first-order valence-electron chi connectivity index (χ1n) is 4.15. The number of esters is 1. The Kier molecular flexibility index (Phi) is 3.40. The molecule has 0 saturated carbocycles. The van der Waals surface area contributed by atoms with E-state index < -0.39 is 5.97 Å². The van der Waals surface area contributed by atoms with Gasteiger partial charge >= 0.3 is 5.97 Å². The van der Waals surface area contributed by atoms with Gasteiger partial charge in [-0.15, -0.1) is 0 Å². The monoisotopic (exact) mass is 194 g/mol. The molecular formula is C11H11FO2. The lowest BCUT2D eigenvalue weighted by atomic mass is 10.1. The minimum Gasteiger partial charge on any atom is -0.466 e. The highest BCUT2D eigenvalue weighted by Gasteiger charge is 1.97. The van der Waals surface area contributed by atoms with E-state index in [9.17, 15) is 9.18 Å². The summed E-state index contributed by atoms with van der Waals surface area (Å²) in [6.07, 6.45) is 2.80. The topological polar surface area (TPSA) is 26.3 Å². The van der Waals surface area contributed by atoms with E-state index in [-0.39, 0.29) is 5.82 Å². The summed E-state index contributed by atoms with van der Waals surface area (Å²) in [6, 6.07) is 4.41. The molecule has 0 bridgehead atoms. The molecule has 0 amide bonds. The van der Waals surface area contributed by atoms with Crippen molar-refractivity contribution in [2.75, 3.05) is 7.11 Å². The summed E-state index contributed by atoms with van der Waals surface area (Å²) in [5.74, 6) is -0.770. The van der Waals surface area contributed by atoms with Crippen molar-refractivity contribution in [3.05, 3.63) is 41.2 Å². The van der Waals surface area contributed by atoms with E-state index in [2.05, 4.69) is 4.74 Å². The molecule has 2 nitrogen and oxygen atoms in total. The molecule has 1 aromatic rings. The van der Waals surface area contributed by atoms with Crippen LogP contribution in [-0.4, -0.2) is 13.1 Å². The number of ether oxygens (including phenoxy) is 1. The minimum absolute atomic E-state index is 0.319. The van der Waals surface area contributed by atoms with Crippen LogP contribution in [-0.2, 0) is 9.53 Å². The van der Waals surface area contributed by atoms with E-state index in [1.165, 1.54) is 31.4 Å². The summed E-state index contributed by atoms with van der Waals surface area (Å²) in [7, 11) is 1.30. The largest absolute Gasteiger partial charge is 0.466 e. The molecule has 3 heteroatoms. The number of halogens is 1. The van der Waals surface area contributed by atoms with Crippen LogP contribution in [0.25, 0.3) is 6.08 Å². The van der Waals surface area contributed by atoms with E-state index in [4.69, 9.17) is 0 Å². The van der Waals surface area contributed by atoms with E-state index in [1.807, 2.05) is 6.92 Å². The van der Waals surface area contributed by atoms with Gasteiger partial charge < -0.3 is 4.74 Å². The molecule has 0 radical (unpaired) electrons. The molecule has 0 aliphatic heterocycles. The number of carbonyl (C=O) groups excluding carboxylic acids is 1. The Bertz CT molecular complexity index is 370. The number of hydrogen-bond acceptors (Lipinski definition) is 2. The third-order valence-corrected chi connectivity index (χ3v) is 1.84. The van der Waals surface area contributed by atoms with Crippen molar-refractivity contribution >= 4 is 12.0 Å². The molecule has 74 valence electrons. The zero-order valence-corrected chi connectivity index (χ0v) is 8.08. The van der Waals surface area contributed by atoms with Gasteiger partial charge in [-0.2, -0.15) is 0 Å². The Hall–Kier alpha value is -1.64. The fourth-order valence-corrected chi connectivity index (χ4v) is 1.02. The number of methoxy groups -OCH3 is 1. The molecule has 0 unspecified atom stereocenters. The fourth-order valence-electron chi connectivity index (χ4n) is 1.02. The molecule has 1 aromatic carbocycles.